The number of hydrogen-bond acceptors (Lipinski definition) is 10. The van der Waals surface area contributed by atoms with Gasteiger partial charge in [-0.1, -0.05) is 48.5 Å². The number of halogens is 18. The fourth-order valence-electron chi connectivity index (χ4n) is 8.77. The summed E-state index contributed by atoms with van der Waals surface area (Å²) >= 11 is 0. The average Bonchev–Trinajstić information content (AvgIpc) is 0.797. The van der Waals surface area contributed by atoms with Crippen molar-refractivity contribution in [3.63, 3.8) is 0 Å². The SMILES string of the molecule is F[P-](F)(F)(F)(F)F.F[P-](F)(F)(F)(F)F.Fc1c(F)c2c(F)c(F)c1OCCOCCOCCOCCOc1ccc(cc1)OCCOCCOCCOCCO2.[Br-].[Br-].c1cc2ccc1C[n+]1ccc(cc1)-c1cc[n+](cc1)Cc1ccc(cc1)C[n+]1ccc(cc1)-c1cc[n+](cc1)C2. The molecule has 98 heavy (non-hydrogen) atoms. The first-order valence-corrected chi connectivity index (χ1v) is 33.5. The zero-order valence-corrected chi connectivity index (χ0v) is 56.8. The molecule has 0 saturated carbocycles. The van der Waals surface area contributed by atoms with Gasteiger partial charge in [0.05, 0.1) is 79.3 Å². The van der Waals surface area contributed by atoms with Crippen LogP contribution in [0.4, 0.5) is 67.9 Å². The van der Waals surface area contributed by atoms with Crippen LogP contribution in [0.15, 0.2) is 171 Å². The third kappa shape index (κ3) is 33.8. The summed E-state index contributed by atoms with van der Waals surface area (Å²) in [6.07, 6.45) is 17.4. The van der Waals surface area contributed by atoms with Crippen LogP contribution in [0.3, 0.4) is 0 Å². The monoisotopic (exact) mass is 1580 g/mol. The van der Waals surface area contributed by atoms with E-state index in [1.165, 1.54) is 44.5 Å². The molecule has 0 radical (unpaired) electrons. The van der Waals surface area contributed by atoms with Gasteiger partial charge in [-0.2, -0.15) is 17.6 Å². The molecule has 0 unspecified atom stereocenters. The fraction of sp³-hybridized carbons (Fsp3) is 0.312. The molecule has 28 rings (SSSR count). The number of pyridine rings is 4. The molecule has 4 aromatic heterocycles. The minimum absolute atomic E-state index is 0. The van der Waals surface area contributed by atoms with Gasteiger partial charge in [0.2, 0.25) is 23.3 Å². The van der Waals surface area contributed by atoms with Gasteiger partial charge in [-0.25, -0.2) is 18.3 Å². The van der Waals surface area contributed by atoms with Crippen molar-refractivity contribution >= 4 is 15.6 Å². The van der Waals surface area contributed by atoms with Crippen molar-refractivity contribution in [1.29, 1.82) is 0 Å². The molecule has 0 aliphatic carbocycles. The summed E-state index contributed by atoms with van der Waals surface area (Å²) in [7, 11) is -21.3. The maximum Gasteiger partial charge on any atom is 0.207 e. The minimum atomic E-state index is -10.7. The van der Waals surface area contributed by atoms with E-state index in [4.69, 9.17) is 47.4 Å². The Labute approximate surface area is 574 Å². The molecule has 0 amide bonds. The standard InChI is InChI=1S/C36H32N4.C28H36F4O10.2BrH.2F6P/c1-2-30-4-3-29(1)25-37-17-9-33(10-18-37)35-13-21-39(22-14-35)27-31-5-7-32(8-6-31)28-40-23-15-36(16-24-40)34-11-19-38(26-30)20-12-34;29-23-25(31)28-26(32)24(30)27(23)41-19-15-37-11-7-33-5-9-35-13-17-39-21-1-2-22(4-3-21)40-18-14-36-10-6-34-8-12-38-16-20-42-28;;;2*1-7(2,3,4,5)6/h1-24H,25-28H2;1-4H,5-20H2;2*1H;;/q+4;;;;2*-1/p-2. The summed E-state index contributed by atoms with van der Waals surface area (Å²) in [5, 5.41) is 0. The number of hydrogen-bond donors (Lipinski definition) is 0. The summed E-state index contributed by atoms with van der Waals surface area (Å²) in [6.45, 7) is 6.06. The van der Waals surface area contributed by atoms with E-state index < -0.39 is 50.4 Å². The van der Waals surface area contributed by atoms with Crippen molar-refractivity contribution in [1.82, 2.24) is 0 Å². The van der Waals surface area contributed by atoms with E-state index in [0.717, 1.165) is 26.2 Å². The first kappa shape index (κ1) is 81.8. The van der Waals surface area contributed by atoms with Crippen LogP contribution in [0.2, 0.25) is 0 Å². The van der Waals surface area contributed by atoms with E-state index in [9.17, 15) is 67.9 Å². The Morgan fingerprint density at radius 3 is 0.582 bits per heavy atom. The van der Waals surface area contributed by atoms with Gasteiger partial charge in [0.15, 0.2) is 87.3 Å². The maximum atomic E-state index is 14.3. The average molecular weight is 1580 g/mol. The Kier molecular flexibility index (Phi) is 30.0. The van der Waals surface area contributed by atoms with Gasteiger partial charge < -0.3 is 81.3 Å². The second kappa shape index (κ2) is 36.0. The van der Waals surface area contributed by atoms with Crippen LogP contribution >= 0.6 is 15.6 Å². The van der Waals surface area contributed by atoms with Crippen LogP contribution in [-0.2, 0) is 54.6 Å². The normalized spacial score (nSPS) is 16.4. The second-order valence-corrected chi connectivity index (χ2v) is 24.9. The Balaban J connectivity index is 0.000000291. The zero-order chi connectivity index (χ0) is 69.4. The maximum absolute atomic E-state index is 14.3. The summed E-state index contributed by atoms with van der Waals surface area (Å²) in [5.41, 5.74) is 10.1. The molecular formula is C64H68Br2F16N4O10P2. The minimum Gasteiger partial charge on any atom is -1.00 e. The predicted molar refractivity (Wildman–Crippen MR) is 321 cm³/mol. The van der Waals surface area contributed by atoms with Gasteiger partial charge in [0.25, 0.3) is 0 Å². The van der Waals surface area contributed by atoms with Crippen molar-refractivity contribution in [2.45, 2.75) is 26.2 Å². The quantitative estimate of drug-likeness (QED) is 0.0632. The Morgan fingerprint density at radius 2 is 0.398 bits per heavy atom. The van der Waals surface area contributed by atoms with Crippen molar-refractivity contribution in [2.75, 3.05) is 106 Å². The molecule has 0 fully saturated rings. The molecule has 8 aromatic rings. The van der Waals surface area contributed by atoms with Gasteiger partial charge in [0.1, 0.15) is 37.9 Å². The topological polar surface area (TPSA) is 108 Å². The molecule has 20 aliphatic rings. The van der Waals surface area contributed by atoms with Crippen LogP contribution in [0.1, 0.15) is 22.3 Å². The third-order valence-corrected chi connectivity index (χ3v) is 13.2. The van der Waals surface area contributed by atoms with Crippen molar-refractivity contribution < 1.29 is 168 Å². The predicted octanol–water partition coefficient (Wildman–Crippen LogP) is 9.02. The molecule has 14 nitrogen and oxygen atoms in total. The van der Waals surface area contributed by atoms with Gasteiger partial charge in [-0.05, 0) is 46.5 Å². The van der Waals surface area contributed by atoms with E-state index >= 15 is 0 Å². The van der Waals surface area contributed by atoms with Gasteiger partial charge >= 0.3 is 66.0 Å². The zero-order valence-electron chi connectivity index (χ0n) is 51.9. The Bertz CT molecular complexity index is 3280. The summed E-state index contributed by atoms with van der Waals surface area (Å²) in [6, 6.07) is 42.7. The number of rotatable bonds is 0. The number of nitrogens with zero attached hydrogens (tertiary/aromatic N) is 4. The number of ether oxygens (including phenoxy) is 10. The molecule has 34 heteroatoms. The van der Waals surface area contributed by atoms with E-state index in [1.807, 2.05) is 0 Å². The molecule has 540 valence electrons. The number of benzene rings is 4. The smallest absolute Gasteiger partial charge is 0.207 e. The molecular weight excluding hydrogens is 1510 g/mol. The van der Waals surface area contributed by atoms with E-state index in [0.29, 0.717) is 64.4 Å². The van der Waals surface area contributed by atoms with Gasteiger partial charge in [-0.3, -0.25) is 0 Å². The van der Waals surface area contributed by atoms with Crippen LogP contribution in [0.5, 0.6) is 23.0 Å². The van der Waals surface area contributed by atoms with Crippen molar-refractivity contribution in [3.05, 3.63) is 216 Å². The Hall–Kier alpha value is -6.86. The summed E-state index contributed by atoms with van der Waals surface area (Å²) in [5.74, 6) is -7.88. The van der Waals surface area contributed by atoms with Crippen LogP contribution in [-0.4, -0.2) is 106 Å². The molecule has 24 heterocycles. The summed E-state index contributed by atoms with van der Waals surface area (Å²) < 4.78 is 238. The molecule has 0 atom stereocenters. The second-order valence-electron chi connectivity index (χ2n) is 21.0. The van der Waals surface area contributed by atoms with E-state index in [1.54, 1.807) is 24.3 Å². The van der Waals surface area contributed by atoms with Gasteiger partial charge in [-0.15, -0.1) is 0 Å². The van der Waals surface area contributed by atoms with Gasteiger partial charge in [0, 0.05) is 70.8 Å². The molecule has 0 N–H and O–H groups in total. The van der Waals surface area contributed by atoms with Crippen molar-refractivity contribution in [2.24, 2.45) is 0 Å². The molecule has 20 aliphatic heterocycles. The molecule has 0 saturated heterocycles. The van der Waals surface area contributed by atoms with Crippen LogP contribution in [0, 0.1) is 23.3 Å². The largest absolute Gasteiger partial charge is 1.00 e. The summed E-state index contributed by atoms with van der Waals surface area (Å²) in [4.78, 5) is 0. The third-order valence-electron chi connectivity index (χ3n) is 13.2. The molecule has 4 aromatic carbocycles. The number of aromatic nitrogens is 4. The van der Waals surface area contributed by atoms with Crippen molar-refractivity contribution in [3.8, 4) is 45.3 Å². The van der Waals surface area contributed by atoms with E-state index in [-0.39, 0.29) is 86.8 Å². The first-order valence-electron chi connectivity index (χ1n) is 29.4. The first-order chi connectivity index (χ1) is 45.2. The van der Waals surface area contributed by atoms with Crippen LogP contribution in [0.25, 0.3) is 22.3 Å². The fourth-order valence-corrected chi connectivity index (χ4v) is 8.77. The van der Waals surface area contributed by atoms with Crippen LogP contribution < -0.4 is 71.2 Å². The molecule has 0 spiro atoms. The Morgan fingerprint density at radius 1 is 0.235 bits per heavy atom. The van der Waals surface area contributed by atoms with E-state index in [2.05, 4.69) is 165 Å². The molecule has 16 bridgehead atoms.